The predicted molar refractivity (Wildman–Crippen MR) is 57.8 cm³/mol. The van der Waals surface area contributed by atoms with E-state index in [2.05, 4.69) is 23.7 Å². The van der Waals surface area contributed by atoms with Gasteiger partial charge in [-0.05, 0) is 23.4 Å². The first-order valence-electron chi connectivity index (χ1n) is 4.62. The van der Waals surface area contributed by atoms with Crippen LogP contribution in [0.2, 0.25) is 0 Å². The van der Waals surface area contributed by atoms with Crippen molar-refractivity contribution in [3.8, 4) is 11.1 Å². The quantitative estimate of drug-likeness (QED) is 0.500. The van der Waals surface area contributed by atoms with E-state index in [1.165, 1.54) is 11.1 Å². The first-order chi connectivity index (χ1) is 6.84. The van der Waals surface area contributed by atoms with Gasteiger partial charge in [0.15, 0.2) is 0 Å². The SMILES string of the molecule is C=c1ccc2c(c1)-c1ccccc1N=2. The summed E-state index contributed by atoms with van der Waals surface area (Å²) in [5.74, 6) is 0. The van der Waals surface area contributed by atoms with Crippen LogP contribution in [0, 0.1) is 0 Å². The Kier molecular flexibility index (Phi) is 1.37. The summed E-state index contributed by atoms with van der Waals surface area (Å²) in [6.07, 6.45) is 0. The Bertz CT molecular complexity index is 611. The van der Waals surface area contributed by atoms with E-state index in [0.29, 0.717) is 0 Å². The summed E-state index contributed by atoms with van der Waals surface area (Å²) in [6, 6.07) is 14.3. The maximum absolute atomic E-state index is 4.53. The van der Waals surface area contributed by atoms with Gasteiger partial charge in [-0.1, -0.05) is 30.8 Å². The van der Waals surface area contributed by atoms with Crippen molar-refractivity contribution in [2.45, 2.75) is 0 Å². The first kappa shape index (κ1) is 7.51. The molecule has 0 aromatic heterocycles. The molecule has 3 rings (SSSR count). The van der Waals surface area contributed by atoms with E-state index in [-0.39, 0.29) is 0 Å². The van der Waals surface area contributed by atoms with E-state index in [9.17, 15) is 0 Å². The predicted octanol–water partition coefficient (Wildman–Crippen LogP) is 2.03. The summed E-state index contributed by atoms with van der Waals surface area (Å²) >= 11 is 0. The van der Waals surface area contributed by atoms with Crippen LogP contribution in [0.25, 0.3) is 17.7 Å². The number of rotatable bonds is 0. The molecule has 66 valence electrons. The third kappa shape index (κ3) is 0.925. The highest BCUT2D eigenvalue weighted by Gasteiger charge is 2.11. The zero-order valence-electron chi connectivity index (χ0n) is 7.70. The van der Waals surface area contributed by atoms with Gasteiger partial charge in [0.2, 0.25) is 0 Å². The second kappa shape index (κ2) is 2.55. The minimum atomic E-state index is 1.04. The lowest BCUT2D eigenvalue weighted by atomic mass is 10.1. The molecule has 0 bridgehead atoms. The molecule has 0 aliphatic carbocycles. The van der Waals surface area contributed by atoms with E-state index in [0.717, 1.165) is 16.3 Å². The molecule has 1 heterocycles. The van der Waals surface area contributed by atoms with Crippen molar-refractivity contribution < 1.29 is 0 Å². The van der Waals surface area contributed by atoms with Crippen LogP contribution in [0.1, 0.15) is 0 Å². The van der Waals surface area contributed by atoms with Crippen LogP contribution in [0.5, 0.6) is 0 Å². The molecule has 0 atom stereocenters. The van der Waals surface area contributed by atoms with Gasteiger partial charge in [-0.3, -0.25) is 0 Å². The van der Waals surface area contributed by atoms with Crippen molar-refractivity contribution in [2.24, 2.45) is 4.99 Å². The molecule has 0 saturated heterocycles. The zero-order valence-corrected chi connectivity index (χ0v) is 7.70. The smallest absolute Gasteiger partial charge is 0.0716 e. The van der Waals surface area contributed by atoms with Crippen molar-refractivity contribution in [1.29, 1.82) is 0 Å². The first-order valence-corrected chi connectivity index (χ1v) is 4.62. The van der Waals surface area contributed by atoms with Gasteiger partial charge in [0.05, 0.1) is 11.0 Å². The second-order valence-electron chi connectivity index (χ2n) is 3.48. The molecule has 0 spiro atoms. The molecule has 0 unspecified atom stereocenters. The van der Waals surface area contributed by atoms with Gasteiger partial charge in [-0.15, -0.1) is 0 Å². The molecule has 0 radical (unpaired) electrons. The van der Waals surface area contributed by atoms with Gasteiger partial charge in [0, 0.05) is 11.1 Å². The average Bonchev–Trinajstić information content (AvgIpc) is 2.56. The Morgan fingerprint density at radius 2 is 1.79 bits per heavy atom. The molecule has 0 amide bonds. The van der Waals surface area contributed by atoms with Crippen LogP contribution < -0.4 is 10.6 Å². The Morgan fingerprint density at radius 1 is 0.929 bits per heavy atom. The summed E-state index contributed by atoms with van der Waals surface area (Å²) in [5.41, 5.74) is 3.48. The third-order valence-electron chi connectivity index (χ3n) is 2.50. The number of benzene rings is 2. The Morgan fingerprint density at radius 3 is 2.71 bits per heavy atom. The van der Waals surface area contributed by atoms with Gasteiger partial charge in [0.1, 0.15) is 0 Å². The Labute approximate surface area is 82.1 Å². The van der Waals surface area contributed by atoms with Gasteiger partial charge in [-0.25, -0.2) is 4.99 Å². The van der Waals surface area contributed by atoms with Crippen LogP contribution in [0.3, 0.4) is 0 Å². The molecular formula is C13H9N. The molecular weight excluding hydrogens is 170 g/mol. The Hall–Kier alpha value is -1.89. The summed E-state index contributed by atoms with van der Waals surface area (Å²) < 4.78 is 0. The summed E-state index contributed by atoms with van der Waals surface area (Å²) in [7, 11) is 0. The van der Waals surface area contributed by atoms with Crippen LogP contribution in [0.15, 0.2) is 47.5 Å². The van der Waals surface area contributed by atoms with Crippen LogP contribution in [0.4, 0.5) is 5.69 Å². The summed E-state index contributed by atoms with van der Waals surface area (Å²) in [4.78, 5) is 4.53. The topological polar surface area (TPSA) is 12.4 Å². The maximum atomic E-state index is 4.53. The van der Waals surface area contributed by atoms with Gasteiger partial charge >= 0.3 is 0 Å². The average molecular weight is 179 g/mol. The van der Waals surface area contributed by atoms with Crippen LogP contribution in [-0.4, -0.2) is 0 Å². The van der Waals surface area contributed by atoms with Crippen molar-refractivity contribution in [2.75, 3.05) is 0 Å². The van der Waals surface area contributed by atoms with Gasteiger partial charge in [0.25, 0.3) is 0 Å². The number of hydrogen-bond donors (Lipinski definition) is 0. The molecule has 1 nitrogen and oxygen atoms in total. The van der Waals surface area contributed by atoms with Crippen LogP contribution in [-0.2, 0) is 0 Å². The minimum Gasteiger partial charge on any atom is -0.248 e. The molecule has 0 N–H and O–H groups in total. The molecule has 14 heavy (non-hydrogen) atoms. The highest BCUT2D eigenvalue weighted by atomic mass is 14.8. The lowest BCUT2D eigenvalue weighted by molar-refractivity contribution is 1.41. The van der Waals surface area contributed by atoms with E-state index in [4.69, 9.17) is 0 Å². The molecule has 2 aromatic carbocycles. The third-order valence-corrected chi connectivity index (χ3v) is 2.50. The van der Waals surface area contributed by atoms with Crippen molar-refractivity contribution >= 4 is 12.3 Å². The number of para-hydroxylation sites is 1. The highest BCUT2D eigenvalue weighted by Crippen LogP contribution is 2.30. The largest absolute Gasteiger partial charge is 0.248 e. The van der Waals surface area contributed by atoms with Crippen molar-refractivity contribution in [3.05, 3.63) is 53.0 Å². The fourth-order valence-electron chi connectivity index (χ4n) is 1.83. The molecule has 0 fully saturated rings. The van der Waals surface area contributed by atoms with Gasteiger partial charge in [-0.2, -0.15) is 0 Å². The molecule has 1 aliphatic rings. The van der Waals surface area contributed by atoms with E-state index in [1.807, 2.05) is 30.3 Å². The van der Waals surface area contributed by atoms with E-state index < -0.39 is 0 Å². The van der Waals surface area contributed by atoms with E-state index in [1.54, 1.807) is 0 Å². The summed E-state index contributed by atoms with van der Waals surface area (Å²) in [5, 5.41) is 2.09. The number of nitrogens with zero attached hydrogens (tertiary/aromatic N) is 1. The highest BCUT2D eigenvalue weighted by molar-refractivity contribution is 5.78. The normalized spacial score (nSPS) is 11.7. The molecule has 0 saturated carbocycles. The van der Waals surface area contributed by atoms with E-state index >= 15 is 0 Å². The summed E-state index contributed by atoms with van der Waals surface area (Å²) in [6.45, 7) is 3.93. The van der Waals surface area contributed by atoms with Crippen molar-refractivity contribution in [3.63, 3.8) is 0 Å². The molecule has 1 aliphatic heterocycles. The van der Waals surface area contributed by atoms with Crippen LogP contribution >= 0.6 is 0 Å². The van der Waals surface area contributed by atoms with Crippen molar-refractivity contribution in [1.82, 2.24) is 0 Å². The fraction of sp³-hybridized carbons (Fsp3) is 0. The van der Waals surface area contributed by atoms with Gasteiger partial charge < -0.3 is 0 Å². The molecule has 2 aromatic rings. The Balaban J connectivity index is 2.45. The lowest BCUT2D eigenvalue weighted by Crippen LogP contribution is -2.07. The minimum absolute atomic E-state index is 1.04. The second-order valence-corrected chi connectivity index (χ2v) is 3.48. The zero-order chi connectivity index (χ0) is 9.54. The maximum Gasteiger partial charge on any atom is 0.0716 e. The number of hydrogen-bond acceptors (Lipinski definition) is 1. The standard InChI is InChI=1S/C13H9N/c1-9-6-7-13-11(8-9)10-4-2-3-5-12(10)14-13/h2-8H,1H2. The fourth-order valence-corrected chi connectivity index (χ4v) is 1.83. The lowest BCUT2D eigenvalue weighted by Gasteiger charge is -1.96. The molecule has 1 heteroatoms. The monoisotopic (exact) mass is 179 g/mol. The number of fused-ring (bicyclic) bond motifs is 3.